The number of aliphatic hydroxyl groups excluding tert-OH is 1. The lowest BCUT2D eigenvalue weighted by Gasteiger charge is -2.44. The number of likely N-dealkylation sites (tertiary alicyclic amines) is 1. The van der Waals surface area contributed by atoms with Gasteiger partial charge in [-0.1, -0.05) is 18.0 Å². The van der Waals surface area contributed by atoms with Gasteiger partial charge in [-0.05, 0) is 44.1 Å². The Morgan fingerprint density at radius 1 is 1.23 bits per heavy atom. The molecule has 1 unspecified atom stereocenters. The van der Waals surface area contributed by atoms with Gasteiger partial charge in [0.2, 0.25) is 0 Å². The van der Waals surface area contributed by atoms with Crippen LogP contribution in [0.4, 0.5) is 0 Å². The standard InChI is InChI=1S/C19H25ClN2O4/c20-17-8-13(19(24)22-11-15(23)12-25-22)4-5-18(17)26-16-9-14(10-16)21-6-2-1-3-7-21/h4-5,8,14-16,23H,1-3,6-7,9-12H2/t14-,15?,16-. The molecule has 1 N–H and O–H groups in total. The Labute approximate surface area is 158 Å². The molecule has 1 aromatic carbocycles. The van der Waals surface area contributed by atoms with E-state index in [4.69, 9.17) is 21.2 Å². The number of piperidine rings is 1. The predicted octanol–water partition coefficient (Wildman–Crippen LogP) is 2.48. The average Bonchev–Trinajstić information content (AvgIpc) is 3.05. The number of hydrogen-bond donors (Lipinski definition) is 1. The lowest BCUT2D eigenvalue weighted by atomic mass is 9.86. The molecule has 2 aliphatic heterocycles. The second-order valence-corrected chi connectivity index (χ2v) is 7.83. The van der Waals surface area contributed by atoms with Crippen molar-refractivity contribution in [2.75, 3.05) is 26.2 Å². The highest BCUT2D eigenvalue weighted by molar-refractivity contribution is 6.32. The summed E-state index contributed by atoms with van der Waals surface area (Å²) in [4.78, 5) is 20.1. The van der Waals surface area contributed by atoms with Gasteiger partial charge < -0.3 is 14.7 Å². The molecule has 1 amide bonds. The number of amides is 1. The Balaban J connectivity index is 1.32. The van der Waals surface area contributed by atoms with E-state index in [0.717, 1.165) is 12.8 Å². The average molecular weight is 381 g/mol. The summed E-state index contributed by atoms with van der Waals surface area (Å²) in [5.74, 6) is 0.316. The molecule has 3 aliphatic rings. The second kappa shape index (κ2) is 7.72. The first-order chi connectivity index (χ1) is 12.6. The Morgan fingerprint density at radius 2 is 2.00 bits per heavy atom. The minimum Gasteiger partial charge on any atom is -0.489 e. The van der Waals surface area contributed by atoms with Crippen molar-refractivity contribution >= 4 is 17.5 Å². The summed E-state index contributed by atoms with van der Waals surface area (Å²) in [6.45, 7) is 2.74. The minimum atomic E-state index is -0.636. The van der Waals surface area contributed by atoms with E-state index in [1.807, 2.05) is 0 Å². The van der Waals surface area contributed by atoms with Crippen LogP contribution in [0, 0.1) is 0 Å². The third-order valence-electron chi connectivity index (χ3n) is 5.48. The molecule has 0 spiro atoms. The first-order valence-electron chi connectivity index (χ1n) is 9.43. The van der Waals surface area contributed by atoms with Crippen LogP contribution in [-0.4, -0.2) is 65.5 Å². The SMILES string of the molecule is O=C(c1ccc(O[C@H]2C[C@H](N3CCCCC3)C2)c(Cl)c1)N1CC(O)CO1. The molecule has 0 aromatic heterocycles. The number of benzene rings is 1. The van der Waals surface area contributed by atoms with Crippen LogP contribution in [-0.2, 0) is 4.84 Å². The highest BCUT2D eigenvalue weighted by atomic mass is 35.5. The normalized spacial score (nSPS) is 29.5. The maximum atomic E-state index is 12.3. The number of aliphatic hydroxyl groups is 1. The molecule has 1 saturated carbocycles. The third-order valence-corrected chi connectivity index (χ3v) is 5.77. The zero-order valence-electron chi connectivity index (χ0n) is 14.8. The zero-order chi connectivity index (χ0) is 18.1. The van der Waals surface area contributed by atoms with Gasteiger partial charge in [-0.15, -0.1) is 0 Å². The van der Waals surface area contributed by atoms with Gasteiger partial charge in [0.1, 0.15) is 24.6 Å². The summed E-state index contributed by atoms with van der Waals surface area (Å²) in [6.07, 6.45) is 5.60. The highest BCUT2D eigenvalue weighted by Gasteiger charge is 2.36. The Morgan fingerprint density at radius 3 is 2.65 bits per heavy atom. The van der Waals surface area contributed by atoms with Crippen molar-refractivity contribution in [2.24, 2.45) is 0 Å². The molecule has 2 saturated heterocycles. The van der Waals surface area contributed by atoms with E-state index in [0.29, 0.717) is 22.4 Å². The summed E-state index contributed by atoms with van der Waals surface area (Å²) >= 11 is 6.32. The maximum Gasteiger partial charge on any atom is 0.277 e. The number of carbonyl (C=O) groups excluding carboxylic acids is 1. The number of hydroxylamine groups is 2. The summed E-state index contributed by atoms with van der Waals surface area (Å²) < 4.78 is 6.02. The van der Waals surface area contributed by atoms with Crippen molar-refractivity contribution in [3.8, 4) is 5.75 Å². The van der Waals surface area contributed by atoms with Crippen LogP contribution in [0.5, 0.6) is 5.75 Å². The number of ether oxygens (including phenoxy) is 1. The fourth-order valence-electron chi connectivity index (χ4n) is 3.88. The molecule has 0 bridgehead atoms. The van der Waals surface area contributed by atoms with E-state index >= 15 is 0 Å². The molecule has 3 fully saturated rings. The fraction of sp³-hybridized carbons (Fsp3) is 0.632. The maximum absolute atomic E-state index is 12.3. The molecule has 1 aliphatic carbocycles. The lowest BCUT2D eigenvalue weighted by molar-refractivity contribution is -0.0779. The molecule has 142 valence electrons. The number of rotatable bonds is 4. The van der Waals surface area contributed by atoms with Gasteiger partial charge in [-0.3, -0.25) is 9.63 Å². The largest absolute Gasteiger partial charge is 0.489 e. The quantitative estimate of drug-likeness (QED) is 0.869. The van der Waals surface area contributed by atoms with Crippen LogP contribution in [0.2, 0.25) is 5.02 Å². The van der Waals surface area contributed by atoms with Gasteiger partial charge in [0.15, 0.2) is 0 Å². The zero-order valence-corrected chi connectivity index (χ0v) is 15.5. The van der Waals surface area contributed by atoms with Crippen LogP contribution in [0.25, 0.3) is 0 Å². The van der Waals surface area contributed by atoms with Crippen molar-refractivity contribution in [3.63, 3.8) is 0 Å². The van der Waals surface area contributed by atoms with E-state index in [1.54, 1.807) is 18.2 Å². The van der Waals surface area contributed by atoms with Crippen molar-refractivity contribution in [1.82, 2.24) is 9.96 Å². The topological polar surface area (TPSA) is 62.2 Å². The number of halogens is 1. The summed E-state index contributed by atoms with van der Waals surface area (Å²) in [5.41, 5.74) is 0.427. The fourth-order valence-corrected chi connectivity index (χ4v) is 4.11. The van der Waals surface area contributed by atoms with Crippen molar-refractivity contribution in [3.05, 3.63) is 28.8 Å². The predicted molar refractivity (Wildman–Crippen MR) is 97.3 cm³/mol. The molecule has 1 atom stereocenters. The van der Waals surface area contributed by atoms with Gasteiger partial charge >= 0.3 is 0 Å². The van der Waals surface area contributed by atoms with Crippen molar-refractivity contribution in [1.29, 1.82) is 0 Å². The van der Waals surface area contributed by atoms with Gasteiger partial charge in [0, 0.05) is 24.4 Å². The highest BCUT2D eigenvalue weighted by Crippen LogP contribution is 2.34. The van der Waals surface area contributed by atoms with Crippen LogP contribution >= 0.6 is 11.6 Å². The number of nitrogens with zero attached hydrogens (tertiary/aromatic N) is 2. The summed E-state index contributed by atoms with van der Waals surface area (Å²) in [5, 5.41) is 11.1. The van der Waals surface area contributed by atoms with Gasteiger partial charge in [0.25, 0.3) is 5.91 Å². The first-order valence-corrected chi connectivity index (χ1v) is 9.81. The van der Waals surface area contributed by atoms with Gasteiger partial charge in [-0.2, -0.15) is 0 Å². The lowest BCUT2D eigenvalue weighted by Crippen LogP contribution is -2.50. The summed E-state index contributed by atoms with van der Waals surface area (Å²) in [7, 11) is 0. The third kappa shape index (κ3) is 3.83. The molecule has 1 aromatic rings. The Kier molecular flexibility index (Phi) is 5.36. The molecular formula is C19H25ClN2O4. The second-order valence-electron chi connectivity index (χ2n) is 7.42. The number of carbonyl (C=O) groups is 1. The smallest absolute Gasteiger partial charge is 0.277 e. The molecule has 6 nitrogen and oxygen atoms in total. The van der Waals surface area contributed by atoms with Gasteiger partial charge in [-0.25, -0.2) is 5.06 Å². The number of β-amino-alcohol motifs (C(OH)–C–C–N with tert-alkyl or cyclic N) is 1. The van der Waals surface area contributed by atoms with Crippen LogP contribution in [0.3, 0.4) is 0 Å². The molecule has 26 heavy (non-hydrogen) atoms. The van der Waals surface area contributed by atoms with E-state index < -0.39 is 6.10 Å². The van der Waals surface area contributed by atoms with E-state index in [1.165, 1.54) is 37.4 Å². The minimum absolute atomic E-state index is 0.139. The first kappa shape index (κ1) is 18.0. The molecular weight excluding hydrogens is 356 g/mol. The van der Waals surface area contributed by atoms with Crippen LogP contribution in [0.1, 0.15) is 42.5 Å². The van der Waals surface area contributed by atoms with Crippen LogP contribution < -0.4 is 4.74 Å². The van der Waals surface area contributed by atoms with Gasteiger partial charge in [0.05, 0.1) is 11.6 Å². The van der Waals surface area contributed by atoms with Crippen molar-refractivity contribution < 1.29 is 19.5 Å². The Bertz CT molecular complexity index is 659. The van der Waals surface area contributed by atoms with E-state index in [9.17, 15) is 9.90 Å². The number of hydrogen-bond acceptors (Lipinski definition) is 5. The van der Waals surface area contributed by atoms with Crippen LogP contribution in [0.15, 0.2) is 18.2 Å². The molecule has 4 rings (SSSR count). The van der Waals surface area contributed by atoms with E-state index in [-0.39, 0.29) is 25.2 Å². The molecule has 7 heteroatoms. The molecule has 2 heterocycles. The molecule has 0 radical (unpaired) electrons. The summed E-state index contributed by atoms with van der Waals surface area (Å²) in [6, 6.07) is 5.68. The van der Waals surface area contributed by atoms with Crippen molar-refractivity contribution in [2.45, 2.75) is 50.4 Å². The Hall–Kier alpha value is -1.34. The van der Waals surface area contributed by atoms with E-state index in [2.05, 4.69) is 4.90 Å². The monoisotopic (exact) mass is 380 g/mol.